The second-order valence-electron chi connectivity index (χ2n) is 5.76. The molecule has 0 aliphatic rings. The number of hydrogen-bond acceptors (Lipinski definition) is 4. The molecule has 7 nitrogen and oxygen atoms in total. The van der Waals surface area contributed by atoms with Gasteiger partial charge < -0.3 is 9.88 Å². The van der Waals surface area contributed by atoms with Gasteiger partial charge in [0, 0.05) is 44.6 Å². The molecule has 0 saturated carbocycles. The number of carbonyl (C=O) groups excluding carboxylic acids is 1. The molecule has 25 heavy (non-hydrogen) atoms. The van der Waals surface area contributed by atoms with Gasteiger partial charge in [-0.2, -0.15) is 0 Å². The van der Waals surface area contributed by atoms with Crippen LogP contribution in [0.25, 0.3) is 0 Å². The van der Waals surface area contributed by atoms with Crippen LogP contribution >= 0.6 is 0 Å². The van der Waals surface area contributed by atoms with Crippen molar-refractivity contribution in [1.82, 2.24) is 19.2 Å². The molecule has 1 aromatic carbocycles. The molecular formula is C17H24N4O3S. The van der Waals surface area contributed by atoms with Gasteiger partial charge in [-0.1, -0.05) is 12.1 Å². The molecule has 136 valence electrons. The number of amides is 1. The van der Waals surface area contributed by atoms with Crippen molar-refractivity contribution in [3.8, 4) is 0 Å². The number of hydrogen-bond donors (Lipinski definition) is 1. The molecule has 8 heteroatoms. The first-order chi connectivity index (χ1) is 11.9. The second kappa shape index (κ2) is 8.77. The van der Waals surface area contributed by atoms with Gasteiger partial charge in [-0.25, -0.2) is 17.7 Å². The van der Waals surface area contributed by atoms with E-state index in [1.165, 1.54) is 4.31 Å². The Morgan fingerprint density at radius 2 is 2.00 bits per heavy atom. The minimum absolute atomic E-state index is 0.0846. The molecular weight excluding hydrogens is 340 g/mol. The predicted molar refractivity (Wildman–Crippen MR) is 96.8 cm³/mol. The lowest BCUT2D eigenvalue weighted by atomic mass is 10.1. The summed E-state index contributed by atoms with van der Waals surface area (Å²) in [5.41, 5.74) is 1.67. The third-order valence-corrected chi connectivity index (χ3v) is 5.78. The zero-order valence-corrected chi connectivity index (χ0v) is 15.4. The molecule has 2 rings (SSSR count). The highest BCUT2D eigenvalue weighted by molar-refractivity contribution is 7.89. The van der Waals surface area contributed by atoms with Crippen LogP contribution in [0.3, 0.4) is 0 Å². The molecule has 1 aromatic heterocycles. The van der Waals surface area contributed by atoms with Gasteiger partial charge in [0.1, 0.15) is 0 Å². The fourth-order valence-electron chi connectivity index (χ4n) is 2.32. The van der Waals surface area contributed by atoms with Gasteiger partial charge in [-0.3, -0.25) is 4.79 Å². The molecule has 0 aliphatic heterocycles. The first kappa shape index (κ1) is 19.1. The highest BCUT2D eigenvalue weighted by Crippen LogP contribution is 2.06. The lowest BCUT2D eigenvalue weighted by molar-refractivity contribution is 0.0953. The molecule has 0 unspecified atom stereocenters. The number of benzene rings is 1. The molecule has 0 saturated heterocycles. The van der Waals surface area contributed by atoms with E-state index in [0.717, 1.165) is 5.56 Å². The fraction of sp³-hybridized carbons (Fsp3) is 0.412. The SMILES string of the molecule is CCS(=O)(=O)N(C)CCCNC(=O)c1ccc(Cn2ccnc2)cc1. The lowest BCUT2D eigenvalue weighted by Crippen LogP contribution is -2.32. The van der Waals surface area contributed by atoms with Crippen LogP contribution in [0.5, 0.6) is 0 Å². The van der Waals surface area contributed by atoms with Gasteiger partial charge in [0.05, 0.1) is 12.1 Å². The number of rotatable bonds is 9. The Labute approximate surface area is 148 Å². The molecule has 2 aromatic rings. The Morgan fingerprint density at radius 3 is 2.60 bits per heavy atom. The lowest BCUT2D eigenvalue weighted by Gasteiger charge is -2.15. The Balaban J connectivity index is 1.77. The maximum absolute atomic E-state index is 12.1. The summed E-state index contributed by atoms with van der Waals surface area (Å²) in [6.45, 7) is 3.14. The van der Waals surface area contributed by atoms with E-state index in [2.05, 4.69) is 10.3 Å². The van der Waals surface area contributed by atoms with Crippen LogP contribution in [-0.4, -0.2) is 54.1 Å². The van der Waals surface area contributed by atoms with Crippen molar-refractivity contribution >= 4 is 15.9 Å². The summed E-state index contributed by atoms with van der Waals surface area (Å²) in [5, 5.41) is 2.81. The van der Waals surface area contributed by atoms with Crippen molar-refractivity contribution in [3.05, 3.63) is 54.1 Å². The molecule has 1 amide bonds. The van der Waals surface area contributed by atoms with E-state index in [0.29, 0.717) is 31.6 Å². The average molecular weight is 364 g/mol. The third kappa shape index (κ3) is 5.68. The Morgan fingerprint density at radius 1 is 1.28 bits per heavy atom. The van der Waals surface area contributed by atoms with Crippen LogP contribution in [0.4, 0.5) is 0 Å². The van der Waals surface area contributed by atoms with Crippen molar-refractivity contribution in [2.75, 3.05) is 25.9 Å². The highest BCUT2D eigenvalue weighted by Gasteiger charge is 2.14. The molecule has 0 atom stereocenters. The largest absolute Gasteiger partial charge is 0.352 e. The Kier molecular flexibility index (Phi) is 6.72. The minimum atomic E-state index is -3.16. The van der Waals surface area contributed by atoms with E-state index in [-0.39, 0.29) is 11.7 Å². The fourth-order valence-corrected chi connectivity index (χ4v) is 3.17. The van der Waals surface area contributed by atoms with E-state index in [1.54, 1.807) is 38.6 Å². The van der Waals surface area contributed by atoms with Crippen molar-refractivity contribution in [1.29, 1.82) is 0 Å². The van der Waals surface area contributed by atoms with Crippen molar-refractivity contribution in [2.45, 2.75) is 19.9 Å². The highest BCUT2D eigenvalue weighted by atomic mass is 32.2. The molecule has 0 aliphatic carbocycles. The van der Waals surface area contributed by atoms with E-state index < -0.39 is 10.0 Å². The standard InChI is InChI=1S/C17H24N4O3S/c1-3-25(23,24)20(2)11-4-9-19-17(22)16-7-5-15(6-8-16)13-21-12-10-18-14-21/h5-8,10,12,14H,3-4,9,11,13H2,1-2H3,(H,19,22). The molecule has 0 radical (unpaired) electrons. The quantitative estimate of drug-likeness (QED) is 0.681. The topological polar surface area (TPSA) is 84.3 Å². The summed E-state index contributed by atoms with van der Waals surface area (Å²) >= 11 is 0. The maximum Gasteiger partial charge on any atom is 0.251 e. The van der Waals surface area contributed by atoms with Crippen LogP contribution in [0.1, 0.15) is 29.3 Å². The minimum Gasteiger partial charge on any atom is -0.352 e. The Hall–Kier alpha value is -2.19. The van der Waals surface area contributed by atoms with Gasteiger partial charge in [0.2, 0.25) is 10.0 Å². The third-order valence-electron chi connectivity index (χ3n) is 3.92. The normalized spacial score (nSPS) is 11.6. The van der Waals surface area contributed by atoms with Crippen LogP contribution in [0, 0.1) is 0 Å². The molecule has 0 bridgehead atoms. The zero-order valence-electron chi connectivity index (χ0n) is 14.6. The smallest absolute Gasteiger partial charge is 0.251 e. The van der Waals surface area contributed by atoms with Crippen LogP contribution in [0.2, 0.25) is 0 Å². The van der Waals surface area contributed by atoms with Crippen LogP contribution in [-0.2, 0) is 16.6 Å². The molecule has 0 spiro atoms. The number of imidazole rings is 1. The van der Waals surface area contributed by atoms with Crippen molar-refractivity contribution in [3.63, 3.8) is 0 Å². The van der Waals surface area contributed by atoms with E-state index >= 15 is 0 Å². The van der Waals surface area contributed by atoms with Gasteiger partial charge in [-0.15, -0.1) is 0 Å². The zero-order chi connectivity index (χ0) is 18.3. The summed E-state index contributed by atoms with van der Waals surface area (Å²) < 4.78 is 26.5. The number of nitrogens with one attached hydrogen (secondary N) is 1. The van der Waals surface area contributed by atoms with Crippen LogP contribution in [0.15, 0.2) is 43.0 Å². The number of sulfonamides is 1. The van der Waals surface area contributed by atoms with Crippen molar-refractivity contribution in [2.24, 2.45) is 0 Å². The first-order valence-electron chi connectivity index (χ1n) is 8.19. The van der Waals surface area contributed by atoms with Gasteiger partial charge in [-0.05, 0) is 31.0 Å². The Bertz CT molecular complexity index is 771. The molecule has 1 N–H and O–H groups in total. The average Bonchev–Trinajstić information content (AvgIpc) is 3.11. The summed E-state index contributed by atoms with van der Waals surface area (Å²) in [7, 11) is -1.61. The van der Waals surface area contributed by atoms with Gasteiger partial charge in [0.25, 0.3) is 5.91 Å². The van der Waals surface area contributed by atoms with E-state index in [4.69, 9.17) is 0 Å². The summed E-state index contributed by atoms with van der Waals surface area (Å²) in [4.78, 5) is 16.1. The second-order valence-corrected chi connectivity index (χ2v) is 8.13. The monoisotopic (exact) mass is 364 g/mol. The van der Waals surface area contributed by atoms with Crippen molar-refractivity contribution < 1.29 is 13.2 Å². The molecule has 0 fully saturated rings. The number of carbonyl (C=O) groups is 1. The van der Waals surface area contributed by atoms with E-state index in [1.807, 2.05) is 22.9 Å². The number of nitrogens with zero attached hydrogens (tertiary/aromatic N) is 3. The predicted octanol–water partition coefficient (Wildman–Crippen LogP) is 1.33. The number of aromatic nitrogens is 2. The van der Waals surface area contributed by atoms with E-state index in [9.17, 15) is 13.2 Å². The maximum atomic E-state index is 12.1. The summed E-state index contributed by atoms with van der Waals surface area (Å²) in [6.07, 6.45) is 5.93. The van der Waals surface area contributed by atoms with Crippen LogP contribution < -0.4 is 5.32 Å². The summed E-state index contributed by atoms with van der Waals surface area (Å²) in [5.74, 6) is -0.0726. The van der Waals surface area contributed by atoms with Gasteiger partial charge >= 0.3 is 0 Å². The molecule has 1 heterocycles. The first-order valence-corrected chi connectivity index (χ1v) is 9.80. The van der Waals surface area contributed by atoms with Gasteiger partial charge in [0.15, 0.2) is 0 Å². The summed E-state index contributed by atoms with van der Waals surface area (Å²) in [6, 6.07) is 7.40.